The number of nitrogens with one attached hydrogen (secondary N) is 2. The Morgan fingerprint density at radius 3 is 2.36 bits per heavy atom. The monoisotopic (exact) mass is 338 g/mol. The van der Waals surface area contributed by atoms with Crippen LogP contribution >= 0.6 is 0 Å². The maximum Gasteiger partial charge on any atom is 0.313 e. The van der Waals surface area contributed by atoms with E-state index in [9.17, 15) is 9.59 Å². The van der Waals surface area contributed by atoms with Crippen molar-refractivity contribution in [2.75, 3.05) is 29.9 Å². The molecule has 6 nitrogen and oxygen atoms in total. The molecule has 2 amide bonds. The first-order valence-electron chi connectivity index (χ1n) is 8.51. The van der Waals surface area contributed by atoms with Crippen LogP contribution in [0.2, 0.25) is 0 Å². The molecule has 0 radical (unpaired) electrons. The van der Waals surface area contributed by atoms with Crippen LogP contribution in [0.5, 0.6) is 0 Å². The van der Waals surface area contributed by atoms with Gasteiger partial charge in [-0.25, -0.2) is 0 Å². The summed E-state index contributed by atoms with van der Waals surface area (Å²) in [6.45, 7) is 2.42. The zero-order valence-electron chi connectivity index (χ0n) is 14.0. The number of hydrogen-bond acceptors (Lipinski definition) is 4. The number of para-hydroxylation sites is 1. The molecule has 1 aromatic heterocycles. The molecule has 0 unspecified atom stereocenters. The van der Waals surface area contributed by atoms with E-state index in [-0.39, 0.29) is 0 Å². The first-order valence-corrected chi connectivity index (χ1v) is 8.51. The van der Waals surface area contributed by atoms with Crippen molar-refractivity contribution in [3.8, 4) is 0 Å². The second kappa shape index (κ2) is 8.28. The molecule has 3 rings (SSSR count). The van der Waals surface area contributed by atoms with Crippen molar-refractivity contribution in [1.82, 2.24) is 10.3 Å². The lowest BCUT2D eigenvalue weighted by atomic mass is 9.96. The van der Waals surface area contributed by atoms with Crippen LogP contribution < -0.4 is 15.5 Å². The second-order valence-electron chi connectivity index (χ2n) is 6.17. The van der Waals surface area contributed by atoms with E-state index in [1.807, 2.05) is 30.3 Å². The number of amides is 2. The lowest BCUT2D eigenvalue weighted by Gasteiger charge is -2.33. The van der Waals surface area contributed by atoms with Gasteiger partial charge in [-0.2, -0.15) is 0 Å². The molecular formula is C19H22N4O2. The van der Waals surface area contributed by atoms with E-state index in [0.29, 0.717) is 18.2 Å². The molecule has 2 aromatic rings. The van der Waals surface area contributed by atoms with Crippen LogP contribution in [-0.2, 0) is 9.59 Å². The Bertz CT molecular complexity index is 698. The Kier molecular flexibility index (Phi) is 5.61. The smallest absolute Gasteiger partial charge is 0.313 e. The summed E-state index contributed by atoms with van der Waals surface area (Å²) in [6, 6.07) is 13.0. The van der Waals surface area contributed by atoms with Crippen molar-refractivity contribution in [3.05, 3.63) is 54.9 Å². The fourth-order valence-corrected chi connectivity index (χ4v) is 2.98. The highest BCUT2D eigenvalue weighted by Gasteiger charge is 2.21. The van der Waals surface area contributed by atoms with Crippen molar-refractivity contribution in [3.63, 3.8) is 0 Å². The zero-order chi connectivity index (χ0) is 17.5. The summed E-state index contributed by atoms with van der Waals surface area (Å²) in [6.07, 6.45) is 5.58. The van der Waals surface area contributed by atoms with Crippen LogP contribution in [0.3, 0.4) is 0 Å². The summed E-state index contributed by atoms with van der Waals surface area (Å²) in [5.41, 5.74) is 1.80. The molecule has 0 atom stereocenters. The van der Waals surface area contributed by atoms with E-state index in [1.165, 1.54) is 5.69 Å². The third-order valence-corrected chi connectivity index (χ3v) is 4.43. The van der Waals surface area contributed by atoms with E-state index < -0.39 is 11.8 Å². The summed E-state index contributed by atoms with van der Waals surface area (Å²) >= 11 is 0. The number of nitrogens with zero attached hydrogens (tertiary/aromatic N) is 2. The van der Waals surface area contributed by atoms with Crippen LogP contribution in [-0.4, -0.2) is 36.4 Å². The van der Waals surface area contributed by atoms with Crippen molar-refractivity contribution < 1.29 is 9.59 Å². The van der Waals surface area contributed by atoms with Gasteiger partial charge < -0.3 is 15.5 Å². The van der Waals surface area contributed by atoms with E-state index in [0.717, 1.165) is 25.9 Å². The molecule has 6 heteroatoms. The van der Waals surface area contributed by atoms with Gasteiger partial charge in [0.25, 0.3) is 0 Å². The number of hydrogen-bond donors (Lipinski definition) is 2. The molecule has 1 aliphatic heterocycles. The van der Waals surface area contributed by atoms with Crippen molar-refractivity contribution in [2.45, 2.75) is 12.8 Å². The fraction of sp³-hybridized carbons (Fsp3) is 0.316. The van der Waals surface area contributed by atoms with Crippen molar-refractivity contribution in [2.24, 2.45) is 5.92 Å². The summed E-state index contributed by atoms with van der Waals surface area (Å²) in [5.74, 6) is -0.813. The van der Waals surface area contributed by atoms with Gasteiger partial charge in [-0.05, 0) is 43.0 Å². The number of pyridine rings is 1. The molecule has 25 heavy (non-hydrogen) atoms. The Hall–Kier alpha value is -2.89. The predicted molar refractivity (Wildman–Crippen MR) is 97.3 cm³/mol. The van der Waals surface area contributed by atoms with Gasteiger partial charge in [-0.1, -0.05) is 18.2 Å². The zero-order valence-corrected chi connectivity index (χ0v) is 14.0. The summed E-state index contributed by atoms with van der Waals surface area (Å²) in [7, 11) is 0. The maximum atomic E-state index is 11.9. The topological polar surface area (TPSA) is 74.3 Å². The normalized spacial score (nSPS) is 14.8. The van der Waals surface area contributed by atoms with Gasteiger partial charge in [0, 0.05) is 43.4 Å². The van der Waals surface area contributed by atoms with Gasteiger partial charge in [0.05, 0.1) is 0 Å². The highest BCUT2D eigenvalue weighted by molar-refractivity contribution is 6.39. The molecular weight excluding hydrogens is 316 g/mol. The minimum Gasteiger partial charge on any atom is -0.371 e. The molecule has 0 saturated carbocycles. The number of aromatic nitrogens is 1. The minimum atomic E-state index is -0.625. The maximum absolute atomic E-state index is 11.9. The molecule has 1 aromatic carbocycles. The van der Waals surface area contributed by atoms with Crippen molar-refractivity contribution in [1.29, 1.82) is 0 Å². The van der Waals surface area contributed by atoms with E-state index >= 15 is 0 Å². The summed E-state index contributed by atoms with van der Waals surface area (Å²) < 4.78 is 0. The van der Waals surface area contributed by atoms with Crippen LogP contribution in [0.1, 0.15) is 12.8 Å². The van der Waals surface area contributed by atoms with E-state index in [4.69, 9.17) is 0 Å². The van der Waals surface area contributed by atoms with Crippen LogP contribution in [0.25, 0.3) is 0 Å². The SMILES string of the molecule is O=C(NCC1CCN(c2ccncc2)CC1)C(=O)Nc1ccccc1. The third kappa shape index (κ3) is 4.79. The molecule has 0 spiro atoms. The third-order valence-electron chi connectivity index (χ3n) is 4.43. The van der Waals surface area contributed by atoms with Gasteiger partial charge >= 0.3 is 11.8 Å². The minimum absolute atomic E-state index is 0.395. The Morgan fingerprint density at radius 1 is 1.00 bits per heavy atom. The number of carbonyl (C=O) groups excluding carboxylic acids is 2. The quantitative estimate of drug-likeness (QED) is 0.837. The largest absolute Gasteiger partial charge is 0.371 e. The van der Waals surface area contributed by atoms with Crippen molar-refractivity contribution >= 4 is 23.2 Å². The Balaban J connectivity index is 1.40. The first kappa shape index (κ1) is 17.0. The number of rotatable bonds is 4. The molecule has 130 valence electrons. The molecule has 0 bridgehead atoms. The number of carbonyl (C=O) groups is 2. The number of benzene rings is 1. The molecule has 2 heterocycles. The van der Waals surface area contributed by atoms with Gasteiger partial charge in [0.2, 0.25) is 0 Å². The Morgan fingerprint density at radius 2 is 1.68 bits per heavy atom. The number of piperidine rings is 1. The highest BCUT2D eigenvalue weighted by Crippen LogP contribution is 2.22. The number of anilines is 2. The van der Waals surface area contributed by atoms with Crippen LogP contribution in [0.4, 0.5) is 11.4 Å². The molecule has 1 aliphatic rings. The van der Waals surface area contributed by atoms with E-state index in [1.54, 1.807) is 24.5 Å². The molecule has 2 N–H and O–H groups in total. The second-order valence-corrected chi connectivity index (χ2v) is 6.17. The predicted octanol–water partition coefficient (Wildman–Crippen LogP) is 2.05. The Labute approximate surface area is 147 Å². The van der Waals surface area contributed by atoms with Gasteiger partial charge in [-0.3, -0.25) is 14.6 Å². The molecule has 1 saturated heterocycles. The molecule has 1 fully saturated rings. The summed E-state index contributed by atoms with van der Waals surface area (Å²) in [4.78, 5) is 30.2. The fourth-order valence-electron chi connectivity index (χ4n) is 2.98. The summed E-state index contributed by atoms with van der Waals surface area (Å²) in [5, 5.41) is 5.34. The first-order chi connectivity index (χ1) is 12.2. The standard InChI is InChI=1S/C19H22N4O2/c24-18(19(25)22-16-4-2-1-3-5-16)21-14-15-8-12-23(13-9-15)17-6-10-20-11-7-17/h1-7,10-11,15H,8-9,12-14H2,(H,21,24)(H,22,25). The average molecular weight is 338 g/mol. The lowest BCUT2D eigenvalue weighted by Crippen LogP contribution is -2.41. The van der Waals surface area contributed by atoms with Gasteiger partial charge in [0.15, 0.2) is 0 Å². The van der Waals surface area contributed by atoms with Crippen LogP contribution in [0.15, 0.2) is 54.9 Å². The van der Waals surface area contributed by atoms with Crippen LogP contribution in [0, 0.1) is 5.92 Å². The molecule has 0 aliphatic carbocycles. The average Bonchev–Trinajstić information content (AvgIpc) is 2.68. The van der Waals surface area contributed by atoms with Gasteiger partial charge in [0.1, 0.15) is 0 Å². The lowest BCUT2D eigenvalue weighted by molar-refractivity contribution is -0.136. The van der Waals surface area contributed by atoms with E-state index in [2.05, 4.69) is 20.5 Å². The highest BCUT2D eigenvalue weighted by atomic mass is 16.2. The van der Waals surface area contributed by atoms with Gasteiger partial charge in [-0.15, -0.1) is 0 Å².